The summed E-state index contributed by atoms with van der Waals surface area (Å²) in [7, 11) is 0. The number of benzene rings is 2. The van der Waals surface area contributed by atoms with Gasteiger partial charge in [0, 0.05) is 10.9 Å². The van der Waals surface area contributed by atoms with Crippen molar-refractivity contribution in [3.8, 4) is 0 Å². The first kappa shape index (κ1) is 25.0. The number of halogens is 1. The smallest absolute Gasteiger partial charge is 0.316 e. The van der Waals surface area contributed by atoms with Crippen LogP contribution in [0.4, 0.5) is 0 Å². The van der Waals surface area contributed by atoms with Crippen molar-refractivity contribution in [3.63, 3.8) is 0 Å². The number of carbonyl (C=O) groups excluding carboxylic acids is 1. The molecular formula is C30H38ClNO2. The van der Waals surface area contributed by atoms with Crippen molar-refractivity contribution >= 4 is 17.6 Å². The highest BCUT2D eigenvalue weighted by Gasteiger charge is 2.47. The van der Waals surface area contributed by atoms with E-state index in [0.29, 0.717) is 11.8 Å². The molecule has 3 nitrogen and oxygen atoms in total. The van der Waals surface area contributed by atoms with E-state index in [-0.39, 0.29) is 12.1 Å². The second-order valence-corrected chi connectivity index (χ2v) is 10.5. The first-order valence-corrected chi connectivity index (χ1v) is 13.3. The van der Waals surface area contributed by atoms with E-state index < -0.39 is 5.41 Å². The Kier molecular flexibility index (Phi) is 8.86. The maximum absolute atomic E-state index is 13.7. The first-order chi connectivity index (χ1) is 16.6. The van der Waals surface area contributed by atoms with Gasteiger partial charge in [-0.1, -0.05) is 85.8 Å². The highest BCUT2D eigenvalue weighted by Crippen LogP contribution is 2.44. The van der Waals surface area contributed by atoms with E-state index in [4.69, 9.17) is 16.3 Å². The van der Waals surface area contributed by atoms with Gasteiger partial charge in [-0.05, 0) is 74.4 Å². The number of carbonyl (C=O) groups is 1. The zero-order chi connectivity index (χ0) is 23.8. The van der Waals surface area contributed by atoms with Crippen LogP contribution in [0.3, 0.4) is 0 Å². The first-order valence-electron chi connectivity index (χ1n) is 13.0. The summed E-state index contributed by atoms with van der Waals surface area (Å²) in [5.41, 5.74) is 1.88. The van der Waals surface area contributed by atoms with Crippen LogP contribution in [0.2, 0.25) is 5.02 Å². The normalized spacial score (nSPS) is 24.0. The van der Waals surface area contributed by atoms with Crippen molar-refractivity contribution in [2.45, 2.75) is 69.3 Å². The number of rotatable bonds is 10. The minimum Gasteiger partial charge on any atom is -0.461 e. The van der Waals surface area contributed by atoms with Crippen molar-refractivity contribution in [3.05, 3.63) is 83.4 Å². The summed E-state index contributed by atoms with van der Waals surface area (Å²) in [5.74, 6) is 0.764. The fourth-order valence-electron chi connectivity index (χ4n) is 5.77. The third kappa shape index (κ3) is 5.93. The third-order valence-corrected chi connectivity index (χ3v) is 8.14. The van der Waals surface area contributed by atoms with E-state index >= 15 is 0 Å². The van der Waals surface area contributed by atoms with E-state index in [1.165, 1.54) is 18.4 Å². The minimum atomic E-state index is -0.489. The van der Waals surface area contributed by atoms with Gasteiger partial charge in [0.25, 0.3) is 0 Å². The molecular weight excluding hydrogens is 442 g/mol. The number of ether oxygens (including phenoxy) is 1. The standard InChI is InChI=1S/C30H38ClNO2/c1-2-24-22-28(27(24)16-20-32-19-15-23-11-10-14-26(31)21-23)34-29(33)30(17-8-3-4-9-18-30)25-12-6-5-7-13-25/h2,5-7,10-14,21,24,27-28,32H,1,3-4,8-9,15-20,22H2/t24?,27?,28-/m0/s1. The van der Waals surface area contributed by atoms with Crippen LogP contribution in [-0.4, -0.2) is 25.2 Å². The van der Waals surface area contributed by atoms with E-state index in [1.54, 1.807) is 0 Å². The maximum atomic E-state index is 13.7. The lowest BCUT2D eigenvalue weighted by atomic mass is 9.68. The molecule has 1 N–H and O–H groups in total. The van der Waals surface area contributed by atoms with Crippen molar-refractivity contribution < 1.29 is 9.53 Å². The second kappa shape index (κ2) is 12.0. The van der Waals surface area contributed by atoms with Crippen LogP contribution in [0.1, 0.15) is 62.5 Å². The SMILES string of the molecule is C=CC1C[C@H](OC(=O)C2(c3ccccc3)CCCCCC2)C1CCNCCc1cccc(Cl)c1. The summed E-state index contributed by atoms with van der Waals surface area (Å²) in [4.78, 5) is 13.7. The van der Waals surface area contributed by atoms with Crippen molar-refractivity contribution in [2.24, 2.45) is 11.8 Å². The molecule has 0 heterocycles. The summed E-state index contributed by atoms with van der Waals surface area (Å²) in [6.45, 7) is 5.85. The minimum absolute atomic E-state index is 0.00549. The molecule has 3 atom stereocenters. The molecule has 0 aliphatic heterocycles. The van der Waals surface area contributed by atoms with Crippen LogP contribution in [-0.2, 0) is 21.4 Å². The summed E-state index contributed by atoms with van der Waals surface area (Å²) in [6, 6.07) is 18.4. The molecule has 2 fully saturated rings. The van der Waals surface area contributed by atoms with Gasteiger partial charge in [-0.3, -0.25) is 4.79 Å². The van der Waals surface area contributed by atoms with Crippen molar-refractivity contribution in [2.75, 3.05) is 13.1 Å². The average Bonchev–Trinajstić information content (AvgIpc) is 3.11. The van der Waals surface area contributed by atoms with Crippen LogP contribution in [0.5, 0.6) is 0 Å². The number of allylic oxidation sites excluding steroid dienone is 1. The lowest BCUT2D eigenvalue weighted by Crippen LogP contribution is -2.48. The molecule has 0 radical (unpaired) electrons. The van der Waals surface area contributed by atoms with Gasteiger partial charge in [-0.2, -0.15) is 0 Å². The third-order valence-electron chi connectivity index (χ3n) is 7.90. The van der Waals surface area contributed by atoms with Crippen molar-refractivity contribution in [1.29, 1.82) is 0 Å². The Morgan fingerprint density at radius 1 is 1.06 bits per heavy atom. The van der Waals surface area contributed by atoms with Crippen LogP contribution in [0, 0.1) is 11.8 Å². The molecule has 2 aliphatic carbocycles. The molecule has 0 spiro atoms. The highest BCUT2D eigenvalue weighted by molar-refractivity contribution is 6.30. The summed E-state index contributed by atoms with van der Waals surface area (Å²) < 4.78 is 6.29. The Labute approximate surface area is 209 Å². The zero-order valence-electron chi connectivity index (χ0n) is 20.2. The van der Waals surface area contributed by atoms with Crippen molar-refractivity contribution in [1.82, 2.24) is 5.32 Å². The van der Waals surface area contributed by atoms with Crippen LogP contribution >= 0.6 is 11.6 Å². The van der Waals surface area contributed by atoms with E-state index in [1.807, 2.05) is 42.5 Å². The summed E-state index contributed by atoms with van der Waals surface area (Å²) in [5, 5.41) is 4.34. The van der Waals surface area contributed by atoms with Gasteiger partial charge < -0.3 is 10.1 Å². The van der Waals surface area contributed by atoms with Gasteiger partial charge in [-0.15, -0.1) is 6.58 Å². The molecule has 2 aromatic carbocycles. The quantitative estimate of drug-likeness (QED) is 0.174. The maximum Gasteiger partial charge on any atom is 0.316 e. The molecule has 0 saturated heterocycles. The van der Waals surface area contributed by atoms with Gasteiger partial charge in [0.1, 0.15) is 6.10 Å². The predicted octanol–water partition coefficient (Wildman–Crippen LogP) is 6.89. The molecule has 2 unspecified atom stereocenters. The lowest BCUT2D eigenvalue weighted by molar-refractivity contribution is -0.169. The average molecular weight is 480 g/mol. The number of esters is 1. The topological polar surface area (TPSA) is 38.3 Å². The largest absolute Gasteiger partial charge is 0.461 e. The van der Waals surface area contributed by atoms with Gasteiger partial charge in [0.15, 0.2) is 0 Å². The van der Waals surface area contributed by atoms with E-state index in [2.05, 4.69) is 30.1 Å². The predicted molar refractivity (Wildman–Crippen MR) is 140 cm³/mol. The summed E-state index contributed by atoms with van der Waals surface area (Å²) in [6.07, 6.45) is 11.2. The van der Waals surface area contributed by atoms with Gasteiger partial charge in [0.2, 0.25) is 0 Å². The Balaban J connectivity index is 1.33. The van der Waals surface area contributed by atoms with Gasteiger partial charge in [-0.25, -0.2) is 0 Å². The molecule has 182 valence electrons. The fraction of sp³-hybridized carbons (Fsp3) is 0.500. The molecule has 2 aliphatic rings. The zero-order valence-corrected chi connectivity index (χ0v) is 20.9. The molecule has 0 aromatic heterocycles. The lowest BCUT2D eigenvalue weighted by Gasteiger charge is -2.44. The molecule has 4 rings (SSSR count). The number of hydrogen-bond donors (Lipinski definition) is 1. The highest BCUT2D eigenvalue weighted by atomic mass is 35.5. The monoisotopic (exact) mass is 479 g/mol. The summed E-state index contributed by atoms with van der Waals surface area (Å²) >= 11 is 6.09. The van der Waals surface area contributed by atoms with Gasteiger partial charge >= 0.3 is 5.97 Å². The van der Waals surface area contributed by atoms with Crippen LogP contribution in [0.15, 0.2) is 67.3 Å². The van der Waals surface area contributed by atoms with Gasteiger partial charge in [0.05, 0.1) is 5.41 Å². The van der Waals surface area contributed by atoms with Crippen LogP contribution in [0.25, 0.3) is 0 Å². The number of hydrogen-bond acceptors (Lipinski definition) is 3. The number of nitrogens with one attached hydrogen (secondary N) is 1. The Morgan fingerprint density at radius 2 is 1.82 bits per heavy atom. The Morgan fingerprint density at radius 3 is 2.53 bits per heavy atom. The molecule has 2 saturated carbocycles. The molecule has 34 heavy (non-hydrogen) atoms. The van der Waals surface area contributed by atoms with E-state index in [9.17, 15) is 4.79 Å². The molecule has 4 heteroatoms. The Hall–Kier alpha value is -2.10. The second-order valence-electron chi connectivity index (χ2n) is 10.0. The molecule has 2 aromatic rings. The van der Waals surface area contributed by atoms with Crippen LogP contribution < -0.4 is 5.32 Å². The Bertz CT molecular complexity index is 936. The van der Waals surface area contributed by atoms with E-state index in [0.717, 1.165) is 68.6 Å². The molecule has 0 amide bonds. The fourth-order valence-corrected chi connectivity index (χ4v) is 5.99. The molecule has 0 bridgehead atoms.